The summed E-state index contributed by atoms with van der Waals surface area (Å²) in [6.45, 7) is 3.79. The average molecular weight is 208 g/mol. The molecule has 82 valence electrons. The van der Waals surface area contributed by atoms with Crippen molar-refractivity contribution in [2.45, 2.75) is 19.4 Å². The molecule has 2 atom stereocenters. The maximum absolute atomic E-state index is 5.57. The topological polar surface area (TPSA) is 73.1 Å². The fourth-order valence-corrected chi connectivity index (χ4v) is 1.71. The van der Waals surface area contributed by atoms with Crippen molar-refractivity contribution < 1.29 is 4.74 Å². The summed E-state index contributed by atoms with van der Waals surface area (Å²) in [4.78, 5) is 8.21. The summed E-state index contributed by atoms with van der Waals surface area (Å²) in [6.07, 6.45) is 2.75. The molecule has 0 aromatic carbocycles. The summed E-state index contributed by atoms with van der Waals surface area (Å²) >= 11 is 0. The average Bonchev–Trinajstić information content (AvgIpc) is 2.70. The fourth-order valence-electron chi connectivity index (χ4n) is 1.71. The molecule has 0 amide bonds. The number of rotatable bonds is 3. The van der Waals surface area contributed by atoms with Crippen molar-refractivity contribution in [1.82, 2.24) is 9.97 Å². The Morgan fingerprint density at radius 2 is 2.53 bits per heavy atom. The summed E-state index contributed by atoms with van der Waals surface area (Å²) < 4.78 is 5.33. The third kappa shape index (κ3) is 2.56. The molecule has 1 aliphatic rings. The van der Waals surface area contributed by atoms with Gasteiger partial charge >= 0.3 is 0 Å². The SMILES string of the molecule is CC(Nc1nccc(N)n1)C1CCOC1. The van der Waals surface area contributed by atoms with Crippen molar-refractivity contribution in [1.29, 1.82) is 0 Å². The molecule has 0 aliphatic carbocycles. The van der Waals surface area contributed by atoms with E-state index in [0.717, 1.165) is 19.6 Å². The maximum Gasteiger partial charge on any atom is 0.224 e. The number of anilines is 2. The lowest BCUT2D eigenvalue weighted by Crippen LogP contribution is -2.27. The van der Waals surface area contributed by atoms with Crippen molar-refractivity contribution in [3.8, 4) is 0 Å². The minimum absolute atomic E-state index is 0.314. The molecule has 1 fully saturated rings. The van der Waals surface area contributed by atoms with Gasteiger partial charge in [-0.15, -0.1) is 0 Å². The highest BCUT2D eigenvalue weighted by Crippen LogP contribution is 2.18. The molecule has 0 spiro atoms. The van der Waals surface area contributed by atoms with Crippen LogP contribution < -0.4 is 11.1 Å². The third-order valence-electron chi connectivity index (χ3n) is 2.71. The van der Waals surface area contributed by atoms with Crippen LogP contribution in [0.1, 0.15) is 13.3 Å². The maximum atomic E-state index is 5.57. The van der Waals surface area contributed by atoms with Crippen LogP contribution in [-0.2, 0) is 4.74 Å². The Bertz CT molecular complexity index is 325. The first-order chi connectivity index (χ1) is 7.25. The predicted molar refractivity (Wildman–Crippen MR) is 58.5 cm³/mol. The van der Waals surface area contributed by atoms with Crippen molar-refractivity contribution >= 4 is 11.8 Å². The first-order valence-electron chi connectivity index (χ1n) is 5.18. The van der Waals surface area contributed by atoms with E-state index in [1.165, 1.54) is 0 Å². The van der Waals surface area contributed by atoms with Gasteiger partial charge in [0.25, 0.3) is 0 Å². The van der Waals surface area contributed by atoms with E-state index in [9.17, 15) is 0 Å². The van der Waals surface area contributed by atoms with E-state index in [1.54, 1.807) is 12.3 Å². The van der Waals surface area contributed by atoms with E-state index >= 15 is 0 Å². The summed E-state index contributed by atoms with van der Waals surface area (Å²) in [7, 11) is 0. The second-order valence-corrected chi connectivity index (χ2v) is 3.86. The highest BCUT2D eigenvalue weighted by Gasteiger charge is 2.22. The van der Waals surface area contributed by atoms with Gasteiger partial charge in [-0.25, -0.2) is 4.98 Å². The Morgan fingerprint density at radius 3 is 3.20 bits per heavy atom. The van der Waals surface area contributed by atoms with E-state index in [0.29, 0.717) is 23.7 Å². The first kappa shape index (κ1) is 10.2. The van der Waals surface area contributed by atoms with Gasteiger partial charge in [0.05, 0.1) is 6.61 Å². The molecule has 2 rings (SSSR count). The molecule has 3 N–H and O–H groups in total. The largest absolute Gasteiger partial charge is 0.384 e. The van der Waals surface area contributed by atoms with Gasteiger partial charge in [-0.1, -0.05) is 0 Å². The van der Waals surface area contributed by atoms with Gasteiger partial charge in [-0.2, -0.15) is 4.98 Å². The van der Waals surface area contributed by atoms with E-state index < -0.39 is 0 Å². The molecule has 1 aromatic heterocycles. The van der Waals surface area contributed by atoms with E-state index in [4.69, 9.17) is 10.5 Å². The molecule has 1 saturated heterocycles. The number of hydrogen-bond acceptors (Lipinski definition) is 5. The highest BCUT2D eigenvalue weighted by atomic mass is 16.5. The van der Waals surface area contributed by atoms with Crippen LogP contribution in [0.15, 0.2) is 12.3 Å². The number of nitrogens with two attached hydrogens (primary N) is 1. The van der Waals surface area contributed by atoms with Crippen LogP contribution >= 0.6 is 0 Å². The number of nitrogens with one attached hydrogen (secondary N) is 1. The van der Waals surface area contributed by atoms with Crippen molar-refractivity contribution in [2.75, 3.05) is 24.3 Å². The molecular weight excluding hydrogens is 192 g/mol. The van der Waals surface area contributed by atoms with E-state index in [2.05, 4.69) is 22.2 Å². The van der Waals surface area contributed by atoms with Gasteiger partial charge in [-0.05, 0) is 19.4 Å². The summed E-state index contributed by atoms with van der Waals surface area (Å²) in [5, 5.41) is 3.24. The quantitative estimate of drug-likeness (QED) is 0.772. The number of nitrogens with zero attached hydrogens (tertiary/aromatic N) is 2. The predicted octanol–water partition coefficient (Wildman–Crippen LogP) is 0.896. The lowest BCUT2D eigenvalue weighted by atomic mass is 10.0. The molecule has 2 heterocycles. The van der Waals surface area contributed by atoms with Gasteiger partial charge in [0.1, 0.15) is 5.82 Å². The molecule has 5 heteroatoms. The zero-order chi connectivity index (χ0) is 10.7. The molecule has 0 radical (unpaired) electrons. The monoisotopic (exact) mass is 208 g/mol. The normalized spacial score (nSPS) is 22.6. The number of hydrogen-bond donors (Lipinski definition) is 2. The zero-order valence-corrected chi connectivity index (χ0v) is 8.81. The second kappa shape index (κ2) is 4.44. The second-order valence-electron chi connectivity index (χ2n) is 3.86. The third-order valence-corrected chi connectivity index (χ3v) is 2.71. The Labute approximate surface area is 89.1 Å². The number of aromatic nitrogens is 2. The Balaban J connectivity index is 1.95. The van der Waals surface area contributed by atoms with Crippen LogP contribution in [0.2, 0.25) is 0 Å². The summed E-state index contributed by atoms with van der Waals surface area (Å²) in [5.74, 6) is 1.62. The minimum Gasteiger partial charge on any atom is -0.384 e. The highest BCUT2D eigenvalue weighted by molar-refractivity contribution is 5.35. The molecule has 1 aromatic rings. The van der Waals surface area contributed by atoms with Crippen LogP contribution in [0.5, 0.6) is 0 Å². The van der Waals surface area contributed by atoms with E-state index in [1.807, 2.05) is 0 Å². The lowest BCUT2D eigenvalue weighted by Gasteiger charge is -2.18. The van der Waals surface area contributed by atoms with Gasteiger partial charge in [-0.3, -0.25) is 0 Å². The van der Waals surface area contributed by atoms with Crippen molar-refractivity contribution in [3.63, 3.8) is 0 Å². The molecule has 2 unspecified atom stereocenters. The fraction of sp³-hybridized carbons (Fsp3) is 0.600. The molecular formula is C10H16N4O. The first-order valence-corrected chi connectivity index (χ1v) is 5.18. The van der Waals surface area contributed by atoms with Gasteiger partial charge in [0.2, 0.25) is 5.95 Å². The van der Waals surface area contributed by atoms with Crippen LogP contribution in [0, 0.1) is 5.92 Å². The number of ether oxygens (including phenoxy) is 1. The Morgan fingerprint density at radius 1 is 1.67 bits per heavy atom. The lowest BCUT2D eigenvalue weighted by molar-refractivity contribution is 0.183. The van der Waals surface area contributed by atoms with Gasteiger partial charge in [0, 0.05) is 24.8 Å². The van der Waals surface area contributed by atoms with E-state index in [-0.39, 0.29) is 0 Å². The minimum atomic E-state index is 0.314. The standard InChI is InChI=1S/C10H16N4O/c1-7(8-3-5-15-6-8)13-10-12-4-2-9(11)14-10/h2,4,7-8H,3,5-6H2,1H3,(H3,11,12,13,14). The van der Waals surface area contributed by atoms with Gasteiger partial charge in [0.15, 0.2) is 0 Å². The Hall–Kier alpha value is -1.36. The van der Waals surface area contributed by atoms with Crippen LogP contribution in [-0.4, -0.2) is 29.2 Å². The molecule has 0 saturated carbocycles. The molecule has 0 bridgehead atoms. The zero-order valence-electron chi connectivity index (χ0n) is 8.81. The summed E-state index contributed by atoms with van der Waals surface area (Å²) in [6, 6.07) is 1.99. The number of nitrogen functional groups attached to an aromatic ring is 1. The van der Waals surface area contributed by atoms with Crippen LogP contribution in [0.4, 0.5) is 11.8 Å². The molecule has 15 heavy (non-hydrogen) atoms. The van der Waals surface area contributed by atoms with Gasteiger partial charge < -0.3 is 15.8 Å². The Kier molecular flexibility index (Phi) is 3.01. The smallest absolute Gasteiger partial charge is 0.224 e. The molecule has 1 aliphatic heterocycles. The molecule has 5 nitrogen and oxygen atoms in total. The van der Waals surface area contributed by atoms with Crippen LogP contribution in [0.25, 0.3) is 0 Å². The van der Waals surface area contributed by atoms with Crippen molar-refractivity contribution in [3.05, 3.63) is 12.3 Å². The van der Waals surface area contributed by atoms with Crippen LogP contribution in [0.3, 0.4) is 0 Å². The van der Waals surface area contributed by atoms with Crippen molar-refractivity contribution in [2.24, 2.45) is 5.92 Å². The summed E-state index contributed by atoms with van der Waals surface area (Å²) in [5.41, 5.74) is 5.57.